The van der Waals surface area contributed by atoms with Crippen LogP contribution < -0.4 is 15.7 Å². The first-order chi connectivity index (χ1) is 14.3. The quantitative estimate of drug-likeness (QED) is 0.662. The maximum atomic E-state index is 12.6. The molecule has 1 N–H and O–H groups in total. The summed E-state index contributed by atoms with van der Waals surface area (Å²) in [6.45, 7) is 1.63. The summed E-state index contributed by atoms with van der Waals surface area (Å²) in [5.41, 5.74) is 0.766. The molecule has 3 heterocycles. The Morgan fingerprint density at radius 2 is 1.97 bits per heavy atom. The molecule has 0 bridgehead atoms. The van der Waals surface area contributed by atoms with E-state index in [4.69, 9.17) is 13.6 Å². The van der Waals surface area contributed by atoms with Crippen LogP contribution in [0.5, 0.6) is 5.75 Å². The Bertz CT molecular complexity index is 1310. The number of ether oxygens (including phenoxy) is 1. The topological polar surface area (TPSA) is 116 Å². The second-order valence-electron chi connectivity index (χ2n) is 7.03. The number of furan rings is 1. The van der Waals surface area contributed by atoms with Gasteiger partial charge in [-0.3, -0.25) is 4.79 Å². The lowest BCUT2D eigenvalue weighted by atomic mass is 10.0. The molecule has 1 aromatic carbocycles. The van der Waals surface area contributed by atoms with E-state index in [1.54, 1.807) is 44.4 Å². The molecule has 156 valence electrons. The summed E-state index contributed by atoms with van der Waals surface area (Å²) in [6.07, 6.45) is 1.26. The Kier molecular flexibility index (Phi) is 4.98. The number of hydrogen-bond acceptors (Lipinski definition) is 7. The van der Waals surface area contributed by atoms with Crippen molar-refractivity contribution in [1.82, 2.24) is 5.32 Å². The zero-order chi connectivity index (χ0) is 21.5. The average Bonchev–Trinajstić information content (AvgIpc) is 3.21. The Labute approximate surface area is 172 Å². The highest BCUT2D eigenvalue weighted by atomic mass is 32.2. The van der Waals surface area contributed by atoms with Crippen molar-refractivity contribution in [2.24, 2.45) is 0 Å². The van der Waals surface area contributed by atoms with Gasteiger partial charge >= 0.3 is 5.63 Å². The molecule has 0 saturated heterocycles. The van der Waals surface area contributed by atoms with E-state index in [1.165, 1.54) is 6.08 Å². The lowest BCUT2D eigenvalue weighted by molar-refractivity contribution is -0.120. The smallest absolute Gasteiger partial charge is 0.347 e. The zero-order valence-electron chi connectivity index (χ0n) is 16.3. The van der Waals surface area contributed by atoms with Crippen molar-refractivity contribution >= 4 is 26.7 Å². The van der Waals surface area contributed by atoms with Gasteiger partial charge < -0.3 is 18.9 Å². The van der Waals surface area contributed by atoms with E-state index in [-0.39, 0.29) is 17.6 Å². The van der Waals surface area contributed by atoms with Gasteiger partial charge in [0.2, 0.25) is 5.91 Å². The van der Waals surface area contributed by atoms with Gasteiger partial charge in [0.25, 0.3) is 0 Å². The largest absolute Gasteiger partial charge is 0.497 e. The number of rotatable bonds is 5. The van der Waals surface area contributed by atoms with Crippen molar-refractivity contribution < 1.29 is 26.8 Å². The van der Waals surface area contributed by atoms with Gasteiger partial charge in [-0.05, 0) is 37.3 Å². The second kappa shape index (κ2) is 7.49. The monoisotopic (exact) mass is 429 g/mol. The molecule has 0 spiro atoms. The summed E-state index contributed by atoms with van der Waals surface area (Å²) >= 11 is 0. The molecule has 8 nitrogen and oxygen atoms in total. The molecule has 0 saturated carbocycles. The third-order valence-electron chi connectivity index (χ3n) is 4.79. The highest BCUT2D eigenvalue weighted by Gasteiger charge is 2.26. The maximum absolute atomic E-state index is 12.6. The number of aryl methyl sites for hydroxylation is 1. The highest BCUT2D eigenvalue weighted by Crippen LogP contribution is 2.33. The molecule has 9 heteroatoms. The van der Waals surface area contributed by atoms with E-state index in [1.807, 2.05) is 0 Å². The predicted octanol–water partition coefficient (Wildman–Crippen LogP) is 2.34. The number of carbonyl (C=O) groups is 1. The average molecular weight is 429 g/mol. The van der Waals surface area contributed by atoms with Crippen molar-refractivity contribution in [3.05, 3.63) is 63.6 Å². The van der Waals surface area contributed by atoms with Crippen LogP contribution in [0.2, 0.25) is 0 Å². The van der Waals surface area contributed by atoms with Gasteiger partial charge in [0.1, 0.15) is 28.2 Å². The number of fused-ring (bicyclic) bond motifs is 1. The summed E-state index contributed by atoms with van der Waals surface area (Å²) in [4.78, 5) is 25.2. The Balaban J connectivity index is 1.73. The summed E-state index contributed by atoms with van der Waals surface area (Å²) in [6, 6.07) is 8.00. The molecule has 2 aromatic heterocycles. The molecule has 1 amide bonds. The molecule has 0 aliphatic carbocycles. The first-order valence-electron chi connectivity index (χ1n) is 9.16. The van der Waals surface area contributed by atoms with Crippen LogP contribution in [0, 0.1) is 6.92 Å². The number of sulfone groups is 1. The van der Waals surface area contributed by atoms with Crippen molar-refractivity contribution in [3.8, 4) is 17.1 Å². The predicted molar refractivity (Wildman–Crippen MR) is 110 cm³/mol. The first-order valence-corrected chi connectivity index (χ1v) is 10.9. The van der Waals surface area contributed by atoms with Gasteiger partial charge in [-0.25, -0.2) is 13.2 Å². The van der Waals surface area contributed by atoms with Crippen LogP contribution in [-0.2, 0) is 21.1 Å². The minimum absolute atomic E-state index is 0.174. The van der Waals surface area contributed by atoms with Crippen LogP contribution in [0.25, 0.3) is 22.3 Å². The minimum atomic E-state index is -3.30. The van der Waals surface area contributed by atoms with Crippen LogP contribution in [0.4, 0.5) is 0 Å². The van der Waals surface area contributed by atoms with Crippen LogP contribution >= 0.6 is 0 Å². The van der Waals surface area contributed by atoms with Crippen molar-refractivity contribution in [3.63, 3.8) is 0 Å². The Hall–Kier alpha value is -3.33. The highest BCUT2D eigenvalue weighted by molar-refractivity contribution is 7.94. The fraction of sp³-hybridized carbons (Fsp3) is 0.238. The third kappa shape index (κ3) is 3.88. The number of nitrogens with one attached hydrogen (secondary N) is 1. The standard InChI is InChI=1S/C21H19NO7S/c1-12-9-17-19(21(24)28-12)16(10-18(23)22-14-7-8-30(25,26)11-14)20(29-17)13-3-5-15(27-2)6-4-13/h3-9,14H,10-11H2,1-2H3,(H,22,23). The van der Waals surface area contributed by atoms with Crippen LogP contribution in [0.15, 0.2) is 55.4 Å². The van der Waals surface area contributed by atoms with Gasteiger partial charge in [0.05, 0.1) is 25.3 Å². The summed E-state index contributed by atoms with van der Waals surface area (Å²) in [5.74, 6) is 0.797. The molecule has 1 aliphatic heterocycles. The minimum Gasteiger partial charge on any atom is -0.497 e. The number of carbonyl (C=O) groups excluding carboxylic acids is 1. The molecular formula is C21H19NO7S. The van der Waals surface area contributed by atoms with Crippen molar-refractivity contribution in [1.29, 1.82) is 0 Å². The lowest BCUT2D eigenvalue weighted by Crippen LogP contribution is -2.36. The van der Waals surface area contributed by atoms with Crippen LogP contribution in [0.1, 0.15) is 11.3 Å². The number of benzene rings is 1. The van der Waals surface area contributed by atoms with Crippen molar-refractivity contribution in [2.45, 2.75) is 19.4 Å². The summed E-state index contributed by atoms with van der Waals surface area (Å²) < 4.78 is 39.4. The van der Waals surface area contributed by atoms with Crippen LogP contribution in [0.3, 0.4) is 0 Å². The molecule has 4 rings (SSSR count). The van der Waals surface area contributed by atoms with Gasteiger partial charge in [-0.15, -0.1) is 0 Å². The normalized spacial score (nSPS) is 17.3. The zero-order valence-corrected chi connectivity index (χ0v) is 17.1. The van der Waals surface area contributed by atoms with E-state index in [2.05, 4.69) is 5.32 Å². The maximum Gasteiger partial charge on any atom is 0.347 e. The van der Waals surface area contributed by atoms with Gasteiger partial charge in [0, 0.05) is 22.6 Å². The third-order valence-corrected chi connectivity index (χ3v) is 6.19. The second-order valence-corrected chi connectivity index (χ2v) is 8.96. The van der Waals surface area contributed by atoms with Gasteiger partial charge in [0.15, 0.2) is 9.84 Å². The fourth-order valence-electron chi connectivity index (χ4n) is 3.45. The number of hydrogen-bond donors (Lipinski definition) is 1. The molecule has 0 radical (unpaired) electrons. The molecular weight excluding hydrogens is 410 g/mol. The molecule has 30 heavy (non-hydrogen) atoms. The van der Waals surface area contributed by atoms with Crippen LogP contribution in [-0.4, -0.2) is 33.2 Å². The van der Waals surface area contributed by atoms with Gasteiger partial charge in [-0.1, -0.05) is 0 Å². The number of methoxy groups -OCH3 is 1. The molecule has 1 aliphatic rings. The lowest BCUT2D eigenvalue weighted by Gasteiger charge is -2.10. The van der Waals surface area contributed by atoms with Crippen molar-refractivity contribution in [2.75, 3.05) is 12.9 Å². The SMILES string of the molecule is COc1ccc(-c2oc3cc(C)oc(=O)c3c2CC(=O)NC2C=CS(=O)(=O)C2)cc1. The van der Waals surface area contributed by atoms with E-state index in [9.17, 15) is 18.0 Å². The van der Waals surface area contributed by atoms with E-state index >= 15 is 0 Å². The summed E-state index contributed by atoms with van der Waals surface area (Å²) in [7, 11) is -1.74. The molecule has 3 aromatic rings. The molecule has 1 atom stereocenters. The fourth-order valence-corrected chi connectivity index (χ4v) is 4.69. The van der Waals surface area contributed by atoms with E-state index < -0.39 is 27.4 Å². The van der Waals surface area contributed by atoms with E-state index in [0.717, 1.165) is 5.41 Å². The number of amides is 1. The molecule has 1 unspecified atom stereocenters. The first kappa shape index (κ1) is 20.0. The Morgan fingerprint density at radius 1 is 1.23 bits per heavy atom. The summed E-state index contributed by atoms with van der Waals surface area (Å²) in [5, 5.41) is 3.95. The molecule has 0 fully saturated rings. The Morgan fingerprint density at radius 3 is 2.60 bits per heavy atom. The van der Waals surface area contributed by atoms with E-state index in [0.29, 0.717) is 34.0 Å². The van der Waals surface area contributed by atoms with Gasteiger partial charge in [-0.2, -0.15) is 0 Å².